The molecular formula is C10H17N3O3S. The van der Waals surface area contributed by atoms with Crippen molar-refractivity contribution in [3.8, 4) is 0 Å². The van der Waals surface area contributed by atoms with E-state index in [1.165, 1.54) is 19.4 Å². The van der Waals surface area contributed by atoms with Gasteiger partial charge in [0, 0.05) is 26.4 Å². The lowest BCUT2D eigenvalue weighted by atomic mass is 10.3. The first kappa shape index (κ1) is 14.0. The van der Waals surface area contributed by atoms with Crippen molar-refractivity contribution in [3.05, 3.63) is 24.0 Å². The molecule has 1 atom stereocenters. The van der Waals surface area contributed by atoms with Crippen LogP contribution in [0.15, 0.2) is 23.2 Å². The van der Waals surface area contributed by atoms with Crippen LogP contribution in [0.25, 0.3) is 0 Å². The van der Waals surface area contributed by atoms with Crippen molar-refractivity contribution in [2.45, 2.75) is 24.5 Å². The van der Waals surface area contributed by atoms with Crippen molar-refractivity contribution in [2.24, 2.45) is 5.73 Å². The fraction of sp³-hybridized carbons (Fsp3) is 0.500. The van der Waals surface area contributed by atoms with Gasteiger partial charge < -0.3 is 10.5 Å². The fourth-order valence-corrected chi connectivity index (χ4v) is 2.52. The van der Waals surface area contributed by atoms with Gasteiger partial charge in [0.15, 0.2) is 0 Å². The van der Waals surface area contributed by atoms with Crippen LogP contribution in [0.5, 0.6) is 0 Å². The van der Waals surface area contributed by atoms with Crippen LogP contribution in [0.4, 0.5) is 0 Å². The van der Waals surface area contributed by atoms with Gasteiger partial charge in [-0.25, -0.2) is 13.1 Å². The van der Waals surface area contributed by atoms with Crippen LogP contribution >= 0.6 is 0 Å². The first-order valence-electron chi connectivity index (χ1n) is 5.17. The third-order valence-electron chi connectivity index (χ3n) is 2.29. The van der Waals surface area contributed by atoms with Gasteiger partial charge in [-0.2, -0.15) is 0 Å². The minimum atomic E-state index is -3.58. The molecule has 0 fully saturated rings. The highest BCUT2D eigenvalue weighted by molar-refractivity contribution is 7.89. The zero-order chi connectivity index (χ0) is 12.9. The van der Waals surface area contributed by atoms with Crippen LogP contribution in [0.2, 0.25) is 0 Å². The number of sulfonamides is 1. The average Bonchev–Trinajstić information content (AvgIpc) is 2.35. The maximum atomic E-state index is 12.0. The van der Waals surface area contributed by atoms with Crippen molar-refractivity contribution in [3.63, 3.8) is 0 Å². The van der Waals surface area contributed by atoms with Crippen molar-refractivity contribution in [1.29, 1.82) is 0 Å². The van der Waals surface area contributed by atoms with Gasteiger partial charge in [-0.05, 0) is 19.1 Å². The highest BCUT2D eigenvalue weighted by Gasteiger charge is 2.18. The number of nitrogens with two attached hydrogens (primary N) is 1. The highest BCUT2D eigenvalue weighted by Crippen LogP contribution is 2.11. The number of rotatable bonds is 6. The maximum absolute atomic E-state index is 12.0. The quantitative estimate of drug-likeness (QED) is 0.741. The number of nitrogens with zero attached hydrogens (tertiary/aromatic N) is 1. The van der Waals surface area contributed by atoms with Crippen LogP contribution < -0.4 is 10.5 Å². The Hall–Kier alpha value is -1.02. The zero-order valence-electron chi connectivity index (χ0n) is 9.88. The number of nitrogens with one attached hydrogen (secondary N) is 1. The largest absolute Gasteiger partial charge is 0.380 e. The summed E-state index contributed by atoms with van der Waals surface area (Å²) < 4.78 is 31.4. The smallest absolute Gasteiger partial charge is 0.242 e. The Bertz CT molecular complexity index is 462. The Kier molecular flexibility index (Phi) is 5.01. The van der Waals surface area contributed by atoms with Gasteiger partial charge in [-0.1, -0.05) is 0 Å². The van der Waals surface area contributed by atoms with Gasteiger partial charge in [0.25, 0.3) is 0 Å². The molecule has 6 nitrogen and oxygen atoms in total. The lowest BCUT2D eigenvalue weighted by Crippen LogP contribution is -2.32. The number of aromatic nitrogens is 1. The standard InChI is InChI=1S/C10H17N3O3S/c1-8(16-2)7-13-17(14,15)10-4-3-5-12-9(10)6-11/h3-5,8,13H,6-7,11H2,1-2H3. The summed E-state index contributed by atoms with van der Waals surface area (Å²) in [6.07, 6.45) is 1.32. The number of hydrogen-bond donors (Lipinski definition) is 2. The summed E-state index contributed by atoms with van der Waals surface area (Å²) in [4.78, 5) is 4.05. The fourth-order valence-electron chi connectivity index (χ4n) is 1.21. The normalized spacial score (nSPS) is 13.6. The molecule has 1 unspecified atom stereocenters. The molecule has 0 amide bonds. The predicted molar refractivity (Wildman–Crippen MR) is 63.8 cm³/mol. The van der Waals surface area contributed by atoms with E-state index < -0.39 is 10.0 Å². The minimum absolute atomic E-state index is 0.0803. The molecule has 1 aromatic rings. The van der Waals surface area contributed by atoms with E-state index in [0.717, 1.165) is 0 Å². The maximum Gasteiger partial charge on any atom is 0.242 e. The summed E-state index contributed by atoms with van der Waals surface area (Å²) in [7, 11) is -2.06. The van der Waals surface area contributed by atoms with Crippen LogP contribution in [-0.2, 0) is 21.3 Å². The first-order chi connectivity index (χ1) is 8.01. The van der Waals surface area contributed by atoms with Gasteiger partial charge in [0.1, 0.15) is 4.90 Å². The summed E-state index contributed by atoms with van der Waals surface area (Å²) in [6.45, 7) is 2.06. The minimum Gasteiger partial charge on any atom is -0.380 e. The van der Waals surface area contributed by atoms with Crippen LogP contribution in [0.1, 0.15) is 12.6 Å². The molecule has 0 spiro atoms. The molecule has 17 heavy (non-hydrogen) atoms. The van der Waals surface area contributed by atoms with Gasteiger partial charge in [0.2, 0.25) is 10.0 Å². The van der Waals surface area contributed by atoms with E-state index in [9.17, 15) is 8.42 Å². The molecule has 3 N–H and O–H groups in total. The number of methoxy groups -OCH3 is 1. The molecule has 0 bridgehead atoms. The molecule has 0 aliphatic carbocycles. The summed E-state index contributed by atoms with van der Waals surface area (Å²) in [5, 5.41) is 0. The van der Waals surface area contributed by atoms with E-state index in [4.69, 9.17) is 10.5 Å². The summed E-state index contributed by atoms with van der Waals surface area (Å²) >= 11 is 0. The van der Waals surface area contributed by atoms with E-state index in [1.54, 1.807) is 13.0 Å². The molecular weight excluding hydrogens is 242 g/mol. The molecule has 0 aromatic carbocycles. The molecule has 1 aromatic heterocycles. The van der Waals surface area contributed by atoms with Gasteiger partial charge >= 0.3 is 0 Å². The molecule has 0 radical (unpaired) electrons. The Morgan fingerprint density at radius 1 is 1.59 bits per heavy atom. The third-order valence-corrected chi connectivity index (χ3v) is 3.79. The van der Waals surface area contributed by atoms with E-state index in [2.05, 4.69) is 9.71 Å². The summed E-state index contributed by atoms with van der Waals surface area (Å²) in [5.74, 6) is 0. The van der Waals surface area contributed by atoms with Crippen molar-refractivity contribution >= 4 is 10.0 Å². The second-order valence-electron chi connectivity index (χ2n) is 3.55. The topological polar surface area (TPSA) is 94.3 Å². The number of ether oxygens (including phenoxy) is 1. The van der Waals surface area contributed by atoms with Crippen LogP contribution in [-0.4, -0.2) is 33.2 Å². The first-order valence-corrected chi connectivity index (χ1v) is 6.66. The molecule has 0 saturated heterocycles. The Labute approximate surface area is 101 Å². The zero-order valence-corrected chi connectivity index (χ0v) is 10.7. The molecule has 0 aliphatic rings. The van der Waals surface area contributed by atoms with Gasteiger partial charge in [0.05, 0.1) is 11.8 Å². The van der Waals surface area contributed by atoms with Crippen molar-refractivity contribution in [1.82, 2.24) is 9.71 Å². The lowest BCUT2D eigenvalue weighted by molar-refractivity contribution is 0.122. The summed E-state index contributed by atoms with van der Waals surface area (Å²) in [6, 6.07) is 3.04. The SMILES string of the molecule is COC(C)CNS(=O)(=O)c1cccnc1CN. The Balaban J connectivity index is 2.89. The van der Waals surface area contributed by atoms with E-state index in [0.29, 0.717) is 5.69 Å². The molecule has 1 rings (SSSR count). The number of hydrogen-bond acceptors (Lipinski definition) is 5. The monoisotopic (exact) mass is 259 g/mol. The van der Waals surface area contributed by atoms with Gasteiger partial charge in [-0.15, -0.1) is 0 Å². The average molecular weight is 259 g/mol. The molecule has 96 valence electrons. The third kappa shape index (κ3) is 3.74. The Morgan fingerprint density at radius 2 is 2.29 bits per heavy atom. The van der Waals surface area contributed by atoms with Crippen LogP contribution in [0, 0.1) is 0 Å². The lowest BCUT2D eigenvalue weighted by Gasteiger charge is -2.12. The second kappa shape index (κ2) is 6.06. The second-order valence-corrected chi connectivity index (χ2v) is 5.29. The molecule has 7 heteroatoms. The predicted octanol–water partition coefficient (Wildman–Crippen LogP) is -0.146. The number of pyridine rings is 1. The van der Waals surface area contributed by atoms with E-state index in [1.807, 2.05) is 0 Å². The van der Waals surface area contributed by atoms with E-state index in [-0.39, 0.29) is 24.1 Å². The van der Waals surface area contributed by atoms with Crippen molar-refractivity contribution in [2.75, 3.05) is 13.7 Å². The van der Waals surface area contributed by atoms with Crippen molar-refractivity contribution < 1.29 is 13.2 Å². The highest BCUT2D eigenvalue weighted by atomic mass is 32.2. The molecule has 0 saturated carbocycles. The molecule has 1 heterocycles. The molecule has 0 aliphatic heterocycles. The van der Waals surface area contributed by atoms with E-state index >= 15 is 0 Å². The van der Waals surface area contributed by atoms with Gasteiger partial charge in [-0.3, -0.25) is 4.98 Å². The van der Waals surface area contributed by atoms with Crippen LogP contribution in [0.3, 0.4) is 0 Å². The summed E-state index contributed by atoms with van der Waals surface area (Å²) in [5.41, 5.74) is 5.80. The Morgan fingerprint density at radius 3 is 2.88 bits per heavy atom.